The zero-order chi connectivity index (χ0) is 14.5. The number of amides is 1. The average molecular weight is 276 g/mol. The van der Waals surface area contributed by atoms with E-state index < -0.39 is 0 Å². The first-order chi connectivity index (χ1) is 9.60. The van der Waals surface area contributed by atoms with Gasteiger partial charge in [0.2, 0.25) is 0 Å². The van der Waals surface area contributed by atoms with Gasteiger partial charge in [-0.15, -0.1) is 0 Å². The maximum absolute atomic E-state index is 12.1. The third-order valence-electron chi connectivity index (χ3n) is 4.18. The molecular formula is C16H24N2O2. The third-order valence-corrected chi connectivity index (χ3v) is 4.18. The number of ether oxygens (including phenoxy) is 1. The van der Waals surface area contributed by atoms with E-state index in [-0.39, 0.29) is 5.91 Å². The van der Waals surface area contributed by atoms with Crippen LogP contribution in [0.25, 0.3) is 0 Å². The Hall–Kier alpha value is -1.71. The fourth-order valence-corrected chi connectivity index (χ4v) is 2.72. The number of benzene rings is 1. The molecule has 1 saturated carbocycles. The highest BCUT2D eigenvalue weighted by Crippen LogP contribution is 2.28. The molecule has 4 nitrogen and oxygen atoms in total. The van der Waals surface area contributed by atoms with Crippen molar-refractivity contribution in [3.8, 4) is 5.75 Å². The van der Waals surface area contributed by atoms with Gasteiger partial charge in [0, 0.05) is 12.1 Å². The van der Waals surface area contributed by atoms with E-state index in [0.29, 0.717) is 22.9 Å². The molecule has 0 aliphatic heterocycles. The first-order valence-corrected chi connectivity index (χ1v) is 7.32. The highest BCUT2D eigenvalue weighted by atomic mass is 16.5. The van der Waals surface area contributed by atoms with Gasteiger partial charge in [-0.05, 0) is 42.9 Å². The average Bonchev–Trinajstić information content (AvgIpc) is 2.47. The lowest BCUT2D eigenvalue weighted by Gasteiger charge is -2.26. The predicted octanol–water partition coefficient (Wildman–Crippen LogP) is 2.83. The minimum absolute atomic E-state index is 0.0538. The van der Waals surface area contributed by atoms with Crippen molar-refractivity contribution in [1.29, 1.82) is 0 Å². The van der Waals surface area contributed by atoms with Crippen molar-refractivity contribution in [3.05, 3.63) is 23.8 Å². The Morgan fingerprint density at radius 2 is 2.05 bits per heavy atom. The third kappa shape index (κ3) is 3.65. The number of hydrogen-bond acceptors (Lipinski definition) is 3. The fraction of sp³-hybridized carbons (Fsp3) is 0.562. The summed E-state index contributed by atoms with van der Waals surface area (Å²) in [6.45, 7) is 3.06. The summed E-state index contributed by atoms with van der Waals surface area (Å²) in [5.41, 5.74) is 6.89. The summed E-state index contributed by atoms with van der Waals surface area (Å²) >= 11 is 0. The lowest BCUT2D eigenvalue weighted by atomic mass is 9.83. The number of rotatable bonds is 4. The fourth-order valence-electron chi connectivity index (χ4n) is 2.72. The lowest BCUT2D eigenvalue weighted by Crippen LogP contribution is -2.31. The Kier molecular flexibility index (Phi) is 4.88. The standard InChI is InChI=1S/C16H24N2O2/c1-11-3-5-12(6-4-11)10-18-16(19)13-7-8-14(17)15(9-13)20-2/h7-9,11-12H,3-6,10,17H2,1-2H3,(H,18,19). The van der Waals surface area contributed by atoms with Crippen LogP contribution in [0.1, 0.15) is 43.0 Å². The van der Waals surface area contributed by atoms with Gasteiger partial charge < -0.3 is 15.8 Å². The van der Waals surface area contributed by atoms with Crippen LogP contribution in [0.4, 0.5) is 5.69 Å². The Morgan fingerprint density at radius 1 is 1.35 bits per heavy atom. The van der Waals surface area contributed by atoms with Gasteiger partial charge in [0.15, 0.2) is 0 Å². The Balaban J connectivity index is 1.88. The number of nitrogens with one attached hydrogen (secondary N) is 1. The van der Waals surface area contributed by atoms with Crippen LogP contribution in [0, 0.1) is 11.8 Å². The predicted molar refractivity (Wildman–Crippen MR) is 80.9 cm³/mol. The molecule has 1 aromatic carbocycles. The number of nitrogens with two attached hydrogens (primary N) is 1. The van der Waals surface area contributed by atoms with Crippen LogP contribution >= 0.6 is 0 Å². The molecule has 0 aromatic heterocycles. The molecule has 2 rings (SSSR count). The topological polar surface area (TPSA) is 64.3 Å². The molecule has 0 heterocycles. The van der Waals surface area contributed by atoms with Crippen LogP contribution < -0.4 is 15.8 Å². The van der Waals surface area contributed by atoms with E-state index >= 15 is 0 Å². The SMILES string of the molecule is COc1cc(C(=O)NCC2CCC(C)CC2)ccc1N. The largest absolute Gasteiger partial charge is 0.495 e. The van der Waals surface area contributed by atoms with E-state index in [4.69, 9.17) is 10.5 Å². The van der Waals surface area contributed by atoms with E-state index in [2.05, 4.69) is 12.2 Å². The quantitative estimate of drug-likeness (QED) is 0.831. The molecule has 1 amide bonds. The normalized spacial score (nSPS) is 22.3. The molecule has 0 bridgehead atoms. The number of anilines is 1. The Labute approximate surface area is 120 Å². The van der Waals surface area contributed by atoms with Crippen LogP contribution in [-0.2, 0) is 0 Å². The van der Waals surface area contributed by atoms with Crippen LogP contribution in [0.5, 0.6) is 5.75 Å². The maximum atomic E-state index is 12.1. The minimum atomic E-state index is -0.0538. The number of nitrogen functional groups attached to an aromatic ring is 1. The second kappa shape index (κ2) is 6.64. The van der Waals surface area contributed by atoms with Gasteiger partial charge in [-0.1, -0.05) is 19.8 Å². The number of carbonyl (C=O) groups excluding carboxylic acids is 1. The van der Waals surface area contributed by atoms with Gasteiger partial charge in [-0.25, -0.2) is 0 Å². The van der Waals surface area contributed by atoms with Crippen molar-refractivity contribution < 1.29 is 9.53 Å². The molecule has 1 aliphatic rings. The zero-order valence-electron chi connectivity index (χ0n) is 12.3. The minimum Gasteiger partial charge on any atom is -0.495 e. The molecule has 4 heteroatoms. The summed E-state index contributed by atoms with van der Waals surface area (Å²) in [6.07, 6.45) is 4.98. The number of hydrogen-bond donors (Lipinski definition) is 2. The highest BCUT2D eigenvalue weighted by Gasteiger charge is 2.19. The Bertz CT molecular complexity index is 466. The van der Waals surface area contributed by atoms with Crippen LogP contribution in [0.3, 0.4) is 0 Å². The van der Waals surface area contributed by atoms with Crippen LogP contribution in [0.15, 0.2) is 18.2 Å². The summed E-state index contributed by atoms with van der Waals surface area (Å²) in [6, 6.07) is 5.12. The second-order valence-corrected chi connectivity index (χ2v) is 5.79. The van der Waals surface area contributed by atoms with Gasteiger partial charge in [-0.2, -0.15) is 0 Å². The van der Waals surface area contributed by atoms with Crippen molar-refractivity contribution in [1.82, 2.24) is 5.32 Å². The molecule has 0 radical (unpaired) electrons. The molecule has 1 aromatic rings. The molecule has 3 N–H and O–H groups in total. The first kappa shape index (κ1) is 14.7. The maximum Gasteiger partial charge on any atom is 0.251 e. The summed E-state index contributed by atoms with van der Waals surface area (Å²) in [7, 11) is 1.55. The summed E-state index contributed by atoms with van der Waals surface area (Å²) in [4.78, 5) is 12.1. The molecule has 0 spiro atoms. The van der Waals surface area contributed by atoms with Crippen LogP contribution in [0.2, 0.25) is 0 Å². The van der Waals surface area contributed by atoms with Gasteiger partial charge in [0.05, 0.1) is 12.8 Å². The van der Waals surface area contributed by atoms with Crippen molar-refractivity contribution in [2.45, 2.75) is 32.6 Å². The van der Waals surface area contributed by atoms with E-state index in [1.807, 2.05) is 0 Å². The highest BCUT2D eigenvalue weighted by molar-refractivity contribution is 5.95. The molecule has 110 valence electrons. The summed E-state index contributed by atoms with van der Waals surface area (Å²) in [5.74, 6) is 1.94. The number of carbonyl (C=O) groups is 1. The van der Waals surface area contributed by atoms with Crippen molar-refractivity contribution >= 4 is 11.6 Å². The summed E-state index contributed by atoms with van der Waals surface area (Å²) < 4.78 is 5.14. The van der Waals surface area contributed by atoms with E-state index in [9.17, 15) is 4.79 Å². The van der Waals surface area contributed by atoms with Crippen molar-refractivity contribution in [3.63, 3.8) is 0 Å². The molecule has 1 aliphatic carbocycles. The number of methoxy groups -OCH3 is 1. The molecule has 0 unspecified atom stereocenters. The van der Waals surface area contributed by atoms with E-state index in [1.165, 1.54) is 25.7 Å². The smallest absolute Gasteiger partial charge is 0.251 e. The van der Waals surface area contributed by atoms with Crippen molar-refractivity contribution in [2.75, 3.05) is 19.4 Å². The molecule has 1 fully saturated rings. The second-order valence-electron chi connectivity index (χ2n) is 5.79. The van der Waals surface area contributed by atoms with Crippen LogP contribution in [-0.4, -0.2) is 19.6 Å². The summed E-state index contributed by atoms with van der Waals surface area (Å²) in [5, 5.41) is 3.02. The monoisotopic (exact) mass is 276 g/mol. The van der Waals surface area contributed by atoms with E-state index in [1.54, 1.807) is 25.3 Å². The molecule has 0 saturated heterocycles. The van der Waals surface area contributed by atoms with Gasteiger partial charge in [-0.3, -0.25) is 4.79 Å². The van der Waals surface area contributed by atoms with Crippen molar-refractivity contribution in [2.24, 2.45) is 11.8 Å². The van der Waals surface area contributed by atoms with Gasteiger partial charge >= 0.3 is 0 Å². The zero-order valence-corrected chi connectivity index (χ0v) is 12.3. The first-order valence-electron chi connectivity index (χ1n) is 7.32. The van der Waals surface area contributed by atoms with E-state index in [0.717, 1.165) is 12.5 Å². The molecule has 0 atom stereocenters. The Morgan fingerprint density at radius 3 is 2.70 bits per heavy atom. The molecular weight excluding hydrogens is 252 g/mol. The van der Waals surface area contributed by atoms with Gasteiger partial charge in [0.25, 0.3) is 5.91 Å². The molecule has 20 heavy (non-hydrogen) atoms. The lowest BCUT2D eigenvalue weighted by molar-refractivity contribution is 0.0941. The van der Waals surface area contributed by atoms with Gasteiger partial charge in [0.1, 0.15) is 5.75 Å².